The summed E-state index contributed by atoms with van der Waals surface area (Å²) in [6, 6.07) is 6.63. The van der Waals surface area contributed by atoms with Gasteiger partial charge in [0.25, 0.3) is 5.91 Å². The number of rotatable bonds is 2. The maximum atomic E-state index is 11.8. The molecule has 1 amide bonds. The monoisotopic (exact) mass is 261 g/mol. The summed E-state index contributed by atoms with van der Waals surface area (Å²) in [5.74, 6) is -2.10. The summed E-state index contributed by atoms with van der Waals surface area (Å²) in [6.45, 7) is 0. The fraction of sp³-hybridized carbons (Fsp3) is 0.154. The molecular weight excluding hydrogens is 250 g/mol. The van der Waals surface area contributed by atoms with Crippen LogP contribution >= 0.6 is 0 Å². The fourth-order valence-electron chi connectivity index (χ4n) is 1.84. The van der Waals surface area contributed by atoms with Crippen molar-refractivity contribution in [2.45, 2.75) is 0 Å². The summed E-state index contributed by atoms with van der Waals surface area (Å²) in [5.41, 5.74) is 0.642. The summed E-state index contributed by atoms with van der Waals surface area (Å²) in [7, 11) is 2.29. The summed E-state index contributed by atoms with van der Waals surface area (Å²) in [4.78, 5) is 35.1. The van der Waals surface area contributed by atoms with Gasteiger partial charge in [0, 0.05) is 11.1 Å². The van der Waals surface area contributed by atoms with Crippen LogP contribution in [0.25, 0.3) is 5.70 Å². The molecular formula is C13H11NO5. The first-order chi connectivity index (χ1) is 9.10. The Bertz CT molecular complexity index is 585. The number of nitrogens with one attached hydrogen (secondary N) is 1. The molecule has 0 spiro atoms. The molecule has 98 valence electrons. The van der Waals surface area contributed by atoms with Gasteiger partial charge >= 0.3 is 11.9 Å². The molecule has 19 heavy (non-hydrogen) atoms. The van der Waals surface area contributed by atoms with Gasteiger partial charge in [0.2, 0.25) is 0 Å². The van der Waals surface area contributed by atoms with Crippen LogP contribution in [0.2, 0.25) is 0 Å². The smallest absolute Gasteiger partial charge is 0.347 e. The number of methoxy groups -OCH3 is 2. The van der Waals surface area contributed by atoms with Crippen LogP contribution in [0, 0.1) is 0 Å². The molecule has 0 radical (unpaired) electrons. The van der Waals surface area contributed by atoms with Crippen LogP contribution in [0.5, 0.6) is 0 Å². The molecule has 0 bridgehead atoms. The molecule has 0 saturated carbocycles. The number of amides is 1. The molecule has 0 aromatic heterocycles. The Kier molecular flexibility index (Phi) is 3.33. The number of benzene rings is 1. The van der Waals surface area contributed by atoms with Gasteiger partial charge in [-0.15, -0.1) is 0 Å². The Morgan fingerprint density at radius 1 is 1.00 bits per heavy atom. The topological polar surface area (TPSA) is 81.7 Å². The third-order valence-corrected chi connectivity index (χ3v) is 2.71. The Morgan fingerprint density at radius 2 is 1.53 bits per heavy atom. The second kappa shape index (κ2) is 4.93. The Balaban J connectivity index is 2.66. The average molecular weight is 261 g/mol. The SMILES string of the molecule is COC(=O)C(C(=O)OC)=C1NC(=O)c2ccccc21. The van der Waals surface area contributed by atoms with Crippen LogP contribution in [-0.4, -0.2) is 32.1 Å². The number of fused-ring (bicyclic) bond motifs is 1. The van der Waals surface area contributed by atoms with Gasteiger partial charge in [0.15, 0.2) is 5.57 Å². The Morgan fingerprint density at radius 3 is 2.05 bits per heavy atom. The van der Waals surface area contributed by atoms with E-state index in [0.29, 0.717) is 11.1 Å². The second-order valence-corrected chi connectivity index (χ2v) is 3.73. The van der Waals surface area contributed by atoms with Crippen LogP contribution < -0.4 is 5.32 Å². The van der Waals surface area contributed by atoms with Crippen molar-refractivity contribution in [2.24, 2.45) is 0 Å². The molecule has 1 aliphatic heterocycles. The van der Waals surface area contributed by atoms with Crippen molar-refractivity contribution in [3.05, 3.63) is 41.0 Å². The van der Waals surface area contributed by atoms with Gasteiger partial charge in [0.05, 0.1) is 19.9 Å². The maximum absolute atomic E-state index is 11.8. The maximum Gasteiger partial charge on any atom is 0.347 e. The van der Waals surface area contributed by atoms with E-state index in [2.05, 4.69) is 14.8 Å². The molecule has 0 fully saturated rings. The standard InChI is InChI=1S/C13H11NO5/c1-18-12(16)9(13(17)19-2)10-7-5-3-4-6-8(7)11(15)14-10/h3-6H,1-2H3,(H,14,15). The van der Waals surface area contributed by atoms with Crippen LogP contribution in [-0.2, 0) is 19.1 Å². The van der Waals surface area contributed by atoms with E-state index in [1.807, 2.05) is 0 Å². The van der Waals surface area contributed by atoms with Gasteiger partial charge in [0.1, 0.15) is 0 Å². The summed E-state index contributed by atoms with van der Waals surface area (Å²) < 4.78 is 9.10. The third-order valence-electron chi connectivity index (χ3n) is 2.71. The zero-order valence-corrected chi connectivity index (χ0v) is 10.4. The van der Waals surface area contributed by atoms with Crippen molar-refractivity contribution >= 4 is 23.5 Å². The minimum Gasteiger partial charge on any atom is -0.465 e. The van der Waals surface area contributed by atoms with Crippen molar-refractivity contribution in [3.63, 3.8) is 0 Å². The summed E-state index contributed by atoms with van der Waals surface area (Å²) in [5, 5.41) is 2.49. The second-order valence-electron chi connectivity index (χ2n) is 3.73. The van der Waals surface area contributed by atoms with Gasteiger partial charge in [-0.25, -0.2) is 9.59 Å². The molecule has 2 rings (SSSR count). The van der Waals surface area contributed by atoms with Crippen LogP contribution in [0.1, 0.15) is 15.9 Å². The highest BCUT2D eigenvalue weighted by Crippen LogP contribution is 2.27. The molecule has 0 aliphatic carbocycles. The van der Waals surface area contributed by atoms with E-state index >= 15 is 0 Å². The first-order valence-electron chi connectivity index (χ1n) is 5.41. The van der Waals surface area contributed by atoms with Crippen molar-refractivity contribution in [1.82, 2.24) is 5.32 Å². The lowest BCUT2D eigenvalue weighted by Crippen LogP contribution is -2.22. The van der Waals surface area contributed by atoms with E-state index in [0.717, 1.165) is 14.2 Å². The Labute approximate surface area is 109 Å². The average Bonchev–Trinajstić information content (AvgIpc) is 2.76. The molecule has 1 aliphatic rings. The van der Waals surface area contributed by atoms with E-state index in [1.165, 1.54) is 0 Å². The van der Waals surface area contributed by atoms with E-state index in [9.17, 15) is 14.4 Å². The van der Waals surface area contributed by atoms with E-state index < -0.39 is 11.9 Å². The minimum atomic E-state index is -0.862. The van der Waals surface area contributed by atoms with Crippen LogP contribution in [0.4, 0.5) is 0 Å². The lowest BCUT2D eigenvalue weighted by molar-refractivity contribution is -0.143. The van der Waals surface area contributed by atoms with Gasteiger partial charge in [-0.05, 0) is 6.07 Å². The molecule has 1 aromatic carbocycles. The predicted molar refractivity (Wildman–Crippen MR) is 64.9 cm³/mol. The molecule has 1 aromatic rings. The molecule has 0 atom stereocenters. The van der Waals surface area contributed by atoms with Gasteiger partial charge in [-0.3, -0.25) is 4.79 Å². The summed E-state index contributed by atoms with van der Waals surface area (Å²) >= 11 is 0. The quantitative estimate of drug-likeness (QED) is 0.362. The highest BCUT2D eigenvalue weighted by atomic mass is 16.5. The molecule has 1 heterocycles. The zero-order chi connectivity index (χ0) is 14.0. The van der Waals surface area contributed by atoms with E-state index in [4.69, 9.17) is 0 Å². The molecule has 6 heteroatoms. The van der Waals surface area contributed by atoms with Gasteiger partial charge < -0.3 is 14.8 Å². The first kappa shape index (κ1) is 12.8. The van der Waals surface area contributed by atoms with Gasteiger partial charge in [-0.2, -0.15) is 0 Å². The minimum absolute atomic E-state index is 0.110. The number of ether oxygens (including phenoxy) is 2. The van der Waals surface area contributed by atoms with Crippen molar-refractivity contribution < 1.29 is 23.9 Å². The fourth-order valence-corrected chi connectivity index (χ4v) is 1.84. The van der Waals surface area contributed by atoms with E-state index in [-0.39, 0.29) is 17.2 Å². The number of esters is 2. The molecule has 0 unspecified atom stereocenters. The lowest BCUT2D eigenvalue weighted by atomic mass is 10.0. The van der Waals surface area contributed by atoms with E-state index in [1.54, 1.807) is 24.3 Å². The summed E-state index contributed by atoms with van der Waals surface area (Å²) in [6.07, 6.45) is 0. The normalized spacial score (nSPS) is 12.5. The Hall–Kier alpha value is -2.63. The third kappa shape index (κ3) is 2.08. The number of carbonyl (C=O) groups excluding carboxylic acids is 3. The van der Waals surface area contributed by atoms with Crippen molar-refractivity contribution in [1.29, 1.82) is 0 Å². The number of hydrogen-bond acceptors (Lipinski definition) is 5. The van der Waals surface area contributed by atoms with Crippen LogP contribution in [0.3, 0.4) is 0 Å². The lowest BCUT2D eigenvalue weighted by Gasteiger charge is -2.07. The number of hydrogen-bond donors (Lipinski definition) is 1. The largest absolute Gasteiger partial charge is 0.465 e. The molecule has 0 saturated heterocycles. The highest BCUT2D eigenvalue weighted by Gasteiger charge is 2.33. The first-order valence-corrected chi connectivity index (χ1v) is 5.41. The molecule has 6 nitrogen and oxygen atoms in total. The predicted octanol–water partition coefficient (Wildman–Crippen LogP) is 0.487. The van der Waals surface area contributed by atoms with Crippen molar-refractivity contribution in [3.8, 4) is 0 Å². The van der Waals surface area contributed by atoms with Crippen molar-refractivity contribution in [2.75, 3.05) is 14.2 Å². The van der Waals surface area contributed by atoms with Crippen LogP contribution in [0.15, 0.2) is 29.8 Å². The zero-order valence-electron chi connectivity index (χ0n) is 10.4. The number of carbonyl (C=O) groups is 3. The highest BCUT2D eigenvalue weighted by molar-refractivity contribution is 6.24. The van der Waals surface area contributed by atoms with Gasteiger partial charge in [-0.1, -0.05) is 18.2 Å². The molecule has 1 N–H and O–H groups in total.